The number of fused-ring (bicyclic) bond motifs is 3. The third-order valence-electron chi connectivity index (χ3n) is 4.59. The fourth-order valence-electron chi connectivity index (χ4n) is 3.49. The molecule has 0 bridgehead atoms. The first kappa shape index (κ1) is 14.1. The molecule has 4 rings (SSSR count). The summed E-state index contributed by atoms with van der Waals surface area (Å²) in [7, 11) is 0. The van der Waals surface area contributed by atoms with E-state index in [1.807, 2.05) is 0 Å². The smallest absolute Gasteiger partial charge is 0.0492 e. The Balaban J connectivity index is 1.93. The molecule has 0 amide bonds. The van der Waals surface area contributed by atoms with Crippen molar-refractivity contribution >= 4 is 21.7 Å². The van der Waals surface area contributed by atoms with Gasteiger partial charge in [-0.15, -0.1) is 0 Å². The summed E-state index contributed by atoms with van der Waals surface area (Å²) in [5.74, 6) is 0. The summed E-state index contributed by atoms with van der Waals surface area (Å²) in [5.41, 5.74) is 4.13. The predicted molar refractivity (Wildman–Crippen MR) is 99.0 cm³/mol. The van der Waals surface area contributed by atoms with Crippen LogP contribution in [0.5, 0.6) is 0 Å². The van der Waals surface area contributed by atoms with E-state index < -0.39 is 0 Å². The maximum atomic E-state index is 2.49. The Kier molecular flexibility index (Phi) is 3.63. The lowest BCUT2D eigenvalue weighted by molar-refractivity contribution is 0.746. The SMILES string of the molecule is CCCc1cc2c3ccccc3ccc2n1Cc1ccccc1. The third kappa shape index (κ3) is 2.53. The van der Waals surface area contributed by atoms with Gasteiger partial charge in [0, 0.05) is 23.1 Å². The van der Waals surface area contributed by atoms with Gasteiger partial charge in [0.1, 0.15) is 0 Å². The van der Waals surface area contributed by atoms with Gasteiger partial charge in [0.05, 0.1) is 0 Å². The zero-order valence-electron chi connectivity index (χ0n) is 13.5. The molecule has 0 saturated heterocycles. The van der Waals surface area contributed by atoms with Crippen molar-refractivity contribution < 1.29 is 0 Å². The fourth-order valence-corrected chi connectivity index (χ4v) is 3.49. The van der Waals surface area contributed by atoms with Crippen molar-refractivity contribution in [3.8, 4) is 0 Å². The van der Waals surface area contributed by atoms with Crippen LogP contribution in [0.4, 0.5) is 0 Å². The predicted octanol–water partition coefficient (Wildman–Crippen LogP) is 5.80. The molecule has 3 aromatic carbocycles. The van der Waals surface area contributed by atoms with Gasteiger partial charge in [-0.1, -0.05) is 74.0 Å². The van der Waals surface area contributed by atoms with Crippen LogP contribution in [0.3, 0.4) is 0 Å². The molecule has 0 unspecified atom stereocenters. The summed E-state index contributed by atoms with van der Waals surface area (Å²) in [6, 6.07) is 26.3. The normalized spacial score (nSPS) is 11.3. The minimum absolute atomic E-state index is 0.942. The minimum Gasteiger partial charge on any atom is -0.340 e. The van der Waals surface area contributed by atoms with Crippen molar-refractivity contribution in [3.63, 3.8) is 0 Å². The Morgan fingerprint density at radius 3 is 2.39 bits per heavy atom. The van der Waals surface area contributed by atoms with E-state index in [0.29, 0.717) is 0 Å². The van der Waals surface area contributed by atoms with Crippen LogP contribution < -0.4 is 0 Å². The van der Waals surface area contributed by atoms with E-state index in [9.17, 15) is 0 Å². The Labute approximate surface area is 137 Å². The maximum Gasteiger partial charge on any atom is 0.0492 e. The molecular weight excluding hydrogens is 278 g/mol. The Morgan fingerprint density at radius 2 is 1.57 bits per heavy atom. The summed E-state index contributed by atoms with van der Waals surface area (Å²) < 4.78 is 2.49. The van der Waals surface area contributed by atoms with E-state index in [-0.39, 0.29) is 0 Å². The number of aromatic nitrogens is 1. The second kappa shape index (κ2) is 5.92. The van der Waals surface area contributed by atoms with Crippen molar-refractivity contribution in [1.82, 2.24) is 4.57 Å². The van der Waals surface area contributed by atoms with Crippen LogP contribution in [0.15, 0.2) is 72.8 Å². The number of hydrogen-bond acceptors (Lipinski definition) is 0. The summed E-state index contributed by atoms with van der Waals surface area (Å²) in [5, 5.41) is 4.05. The molecule has 1 heteroatoms. The number of aryl methyl sites for hydroxylation is 1. The number of nitrogens with zero attached hydrogens (tertiary/aromatic N) is 1. The number of benzene rings is 3. The topological polar surface area (TPSA) is 4.93 Å². The average Bonchev–Trinajstić information content (AvgIpc) is 2.94. The molecule has 4 aromatic rings. The molecule has 0 saturated carbocycles. The molecule has 0 aliphatic rings. The molecule has 1 heterocycles. The summed E-state index contributed by atoms with van der Waals surface area (Å²) >= 11 is 0. The molecule has 0 spiro atoms. The largest absolute Gasteiger partial charge is 0.340 e. The van der Waals surface area contributed by atoms with Gasteiger partial charge in [-0.3, -0.25) is 0 Å². The van der Waals surface area contributed by atoms with E-state index in [4.69, 9.17) is 0 Å². The second-order valence-corrected chi connectivity index (χ2v) is 6.18. The van der Waals surface area contributed by atoms with Gasteiger partial charge in [0.2, 0.25) is 0 Å². The van der Waals surface area contributed by atoms with Crippen molar-refractivity contribution in [2.75, 3.05) is 0 Å². The molecule has 1 nitrogen and oxygen atoms in total. The molecule has 1 aromatic heterocycles. The minimum atomic E-state index is 0.942. The lowest BCUT2D eigenvalue weighted by atomic mass is 10.1. The molecule has 0 atom stereocenters. The summed E-state index contributed by atoms with van der Waals surface area (Å²) in [6.07, 6.45) is 2.29. The van der Waals surface area contributed by atoms with Crippen LogP contribution in [-0.4, -0.2) is 4.57 Å². The van der Waals surface area contributed by atoms with Crippen LogP contribution >= 0.6 is 0 Å². The van der Waals surface area contributed by atoms with E-state index in [2.05, 4.69) is 84.3 Å². The van der Waals surface area contributed by atoms with Crippen molar-refractivity contribution in [3.05, 3.63) is 84.1 Å². The van der Waals surface area contributed by atoms with E-state index in [1.165, 1.54) is 39.4 Å². The highest BCUT2D eigenvalue weighted by Crippen LogP contribution is 2.29. The fraction of sp³-hybridized carbons (Fsp3) is 0.182. The average molecular weight is 299 g/mol. The van der Waals surface area contributed by atoms with Crippen LogP contribution in [0, 0.1) is 0 Å². The Hall–Kier alpha value is -2.54. The number of rotatable bonds is 4. The molecule has 0 aliphatic heterocycles. The summed E-state index contributed by atoms with van der Waals surface area (Å²) in [4.78, 5) is 0. The first-order valence-corrected chi connectivity index (χ1v) is 8.40. The lowest BCUT2D eigenvalue weighted by Crippen LogP contribution is -2.04. The van der Waals surface area contributed by atoms with E-state index in [1.54, 1.807) is 0 Å². The molecule has 23 heavy (non-hydrogen) atoms. The first-order chi connectivity index (χ1) is 11.4. The quantitative estimate of drug-likeness (QED) is 0.449. The van der Waals surface area contributed by atoms with Crippen LogP contribution in [0.1, 0.15) is 24.6 Å². The first-order valence-electron chi connectivity index (χ1n) is 8.40. The zero-order chi connectivity index (χ0) is 15.6. The second-order valence-electron chi connectivity index (χ2n) is 6.18. The van der Waals surface area contributed by atoms with Crippen molar-refractivity contribution in [2.45, 2.75) is 26.3 Å². The lowest BCUT2D eigenvalue weighted by Gasteiger charge is -2.11. The molecule has 114 valence electrons. The molecule has 0 radical (unpaired) electrons. The van der Waals surface area contributed by atoms with Crippen LogP contribution in [0.25, 0.3) is 21.7 Å². The maximum absolute atomic E-state index is 2.49. The Bertz CT molecular complexity index is 948. The highest BCUT2D eigenvalue weighted by molar-refractivity contribution is 6.07. The highest BCUT2D eigenvalue weighted by Gasteiger charge is 2.11. The van der Waals surface area contributed by atoms with Gasteiger partial charge in [-0.25, -0.2) is 0 Å². The van der Waals surface area contributed by atoms with Gasteiger partial charge in [-0.2, -0.15) is 0 Å². The van der Waals surface area contributed by atoms with Gasteiger partial charge >= 0.3 is 0 Å². The molecular formula is C22H21N. The zero-order valence-corrected chi connectivity index (χ0v) is 13.5. The van der Waals surface area contributed by atoms with E-state index >= 15 is 0 Å². The van der Waals surface area contributed by atoms with Crippen molar-refractivity contribution in [2.24, 2.45) is 0 Å². The molecule has 0 aliphatic carbocycles. The molecule has 0 N–H and O–H groups in total. The van der Waals surface area contributed by atoms with Crippen molar-refractivity contribution in [1.29, 1.82) is 0 Å². The van der Waals surface area contributed by atoms with Gasteiger partial charge in [-0.05, 0) is 34.9 Å². The monoisotopic (exact) mass is 299 g/mol. The standard InChI is InChI=1S/C22H21N/c1-2-8-19-15-21-20-12-7-6-11-18(20)13-14-22(21)23(19)16-17-9-4-3-5-10-17/h3-7,9-15H,2,8,16H2,1H3. The summed E-state index contributed by atoms with van der Waals surface area (Å²) in [6.45, 7) is 3.20. The third-order valence-corrected chi connectivity index (χ3v) is 4.59. The Morgan fingerprint density at radius 1 is 0.783 bits per heavy atom. The highest BCUT2D eigenvalue weighted by atomic mass is 15.0. The molecule has 0 fully saturated rings. The van der Waals surface area contributed by atoms with E-state index in [0.717, 1.165) is 13.0 Å². The number of hydrogen-bond donors (Lipinski definition) is 0. The van der Waals surface area contributed by atoms with Gasteiger partial charge in [0.25, 0.3) is 0 Å². The van der Waals surface area contributed by atoms with Crippen LogP contribution in [-0.2, 0) is 13.0 Å². The van der Waals surface area contributed by atoms with Gasteiger partial charge in [0.15, 0.2) is 0 Å². The van der Waals surface area contributed by atoms with Crippen LogP contribution in [0.2, 0.25) is 0 Å². The van der Waals surface area contributed by atoms with Gasteiger partial charge < -0.3 is 4.57 Å².